The van der Waals surface area contributed by atoms with Gasteiger partial charge in [-0.05, 0) is 39.0 Å². The van der Waals surface area contributed by atoms with Crippen molar-refractivity contribution in [1.29, 1.82) is 0 Å². The number of nitrogens with zero attached hydrogens (tertiary/aromatic N) is 2. The third kappa shape index (κ3) is 1.41. The summed E-state index contributed by atoms with van der Waals surface area (Å²) in [5, 5.41) is 4.58. The highest BCUT2D eigenvalue weighted by molar-refractivity contribution is 5.45. The average Bonchev–Trinajstić information content (AvgIpc) is 2.44. The Morgan fingerprint density at radius 1 is 1.50 bits per heavy atom. The summed E-state index contributed by atoms with van der Waals surface area (Å²) in [6, 6.07) is 0.371. The van der Waals surface area contributed by atoms with E-state index in [2.05, 4.69) is 25.9 Å². The van der Waals surface area contributed by atoms with Crippen LogP contribution in [0.15, 0.2) is 0 Å². The molecule has 1 atom stereocenters. The van der Waals surface area contributed by atoms with Crippen molar-refractivity contribution in [3.63, 3.8) is 0 Å². The number of fused-ring (bicyclic) bond motifs is 1. The van der Waals surface area contributed by atoms with Gasteiger partial charge in [-0.2, -0.15) is 5.10 Å². The molecule has 0 radical (unpaired) electrons. The van der Waals surface area contributed by atoms with E-state index in [1.54, 1.807) is 0 Å². The molecule has 0 bridgehead atoms. The summed E-state index contributed by atoms with van der Waals surface area (Å²) < 4.78 is 1.96. The van der Waals surface area contributed by atoms with Crippen molar-refractivity contribution < 1.29 is 0 Å². The molecule has 3 heteroatoms. The standard InChI is InChI=1S/C11H19N3/c1-7(2)14-11(12)9-6-8(3)4-5-10(9)13-14/h7-8H,4-6,12H2,1-3H3. The highest BCUT2D eigenvalue weighted by atomic mass is 15.3. The van der Waals surface area contributed by atoms with E-state index < -0.39 is 0 Å². The Labute approximate surface area is 85.3 Å². The molecule has 78 valence electrons. The second-order valence-corrected chi connectivity index (χ2v) is 4.70. The van der Waals surface area contributed by atoms with Crippen molar-refractivity contribution in [2.75, 3.05) is 5.73 Å². The fourth-order valence-electron chi connectivity index (χ4n) is 2.18. The average molecular weight is 193 g/mol. The van der Waals surface area contributed by atoms with E-state index in [4.69, 9.17) is 5.73 Å². The van der Waals surface area contributed by atoms with E-state index in [1.807, 2.05) is 4.68 Å². The summed E-state index contributed by atoms with van der Waals surface area (Å²) in [6.07, 6.45) is 3.45. The second kappa shape index (κ2) is 3.30. The third-order valence-corrected chi connectivity index (χ3v) is 3.05. The van der Waals surface area contributed by atoms with Gasteiger partial charge in [0.2, 0.25) is 0 Å². The van der Waals surface area contributed by atoms with Gasteiger partial charge in [-0.3, -0.25) is 0 Å². The second-order valence-electron chi connectivity index (χ2n) is 4.70. The summed E-state index contributed by atoms with van der Waals surface area (Å²) in [5.74, 6) is 1.65. The summed E-state index contributed by atoms with van der Waals surface area (Å²) in [7, 11) is 0. The van der Waals surface area contributed by atoms with Crippen molar-refractivity contribution in [3.05, 3.63) is 11.3 Å². The minimum atomic E-state index is 0.371. The van der Waals surface area contributed by atoms with Crippen LogP contribution < -0.4 is 5.73 Å². The monoisotopic (exact) mass is 193 g/mol. The van der Waals surface area contributed by atoms with Crippen LogP contribution in [0.25, 0.3) is 0 Å². The zero-order valence-corrected chi connectivity index (χ0v) is 9.25. The molecule has 1 aliphatic rings. The molecule has 0 aliphatic heterocycles. The Balaban J connectivity index is 2.41. The molecule has 0 saturated carbocycles. The van der Waals surface area contributed by atoms with Crippen LogP contribution in [0.2, 0.25) is 0 Å². The lowest BCUT2D eigenvalue weighted by Crippen LogP contribution is -2.11. The predicted octanol–water partition coefficient (Wildman–Crippen LogP) is 2.17. The molecule has 0 saturated heterocycles. The highest BCUT2D eigenvalue weighted by Crippen LogP contribution is 2.30. The number of nitrogen functional groups attached to an aromatic ring is 1. The van der Waals surface area contributed by atoms with Gasteiger partial charge in [0.1, 0.15) is 5.82 Å². The Morgan fingerprint density at radius 2 is 2.21 bits per heavy atom. The molecule has 1 unspecified atom stereocenters. The van der Waals surface area contributed by atoms with E-state index in [9.17, 15) is 0 Å². The first-order chi connectivity index (χ1) is 6.59. The van der Waals surface area contributed by atoms with Crippen LogP contribution in [-0.4, -0.2) is 9.78 Å². The van der Waals surface area contributed by atoms with Crippen molar-refractivity contribution in [3.8, 4) is 0 Å². The first-order valence-corrected chi connectivity index (χ1v) is 5.45. The maximum Gasteiger partial charge on any atom is 0.125 e. The largest absolute Gasteiger partial charge is 0.384 e. The van der Waals surface area contributed by atoms with E-state index in [0.29, 0.717) is 6.04 Å². The van der Waals surface area contributed by atoms with Crippen molar-refractivity contribution in [2.45, 2.75) is 46.1 Å². The lowest BCUT2D eigenvalue weighted by Gasteiger charge is -2.16. The molecule has 0 amide bonds. The zero-order chi connectivity index (χ0) is 10.3. The number of anilines is 1. The van der Waals surface area contributed by atoms with E-state index in [-0.39, 0.29) is 0 Å². The van der Waals surface area contributed by atoms with Gasteiger partial charge in [0, 0.05) is 11.6 Å². The van der Waals surface area contributed by atoms with Crippen LogP contribution >= 0.6 is 0 Å². The van der Waals surface area contributed by atoms with Gasteiger partial charge in [-0.25, -0.2) is 4.68 Å². The molecule has 0 aromatic carbocycles. The third-order valence-electron chi connectivity index (χ3n) is 3.05. The van der Waals surface area contributed by atoms with Crippen LogP contribution in [0.4, 0.5) is 5.82 Å². The molecule has 0 fully saturated rings. The fourth-order valence-corrected chi connectivity index (χ4v) is 2.18. The van der Waals surface area contributed by atoms with Crippen molar-refractivity contribution in [2.24, 2.45) is 5.92 Å². The Morgan fingerprint density at radius 3 is 2.86 bits per heavy atom. The molecular weight excluding hydrogens is 174 g/mol. The normalized spacial score (nSPS) is 21.3. The van der Waals surface area contributed by atoms with Gasteiger partial charge >= 0.3 is 0 Å². The quantitative estimate of drug-likeness (QED) is 0.742. The molecule has 0 spiro atoms. The van der Waals surface area contributed by atoms with Crippen LogP contribution in [0.5, 0.6) is 0 Å². The molecule has 1 aromatic heterocycles. The summed E-state index contributed by atoms with van der Waals surface area (Å²) in [4.78, 5) is 0. The minimum Gasteiger partial charge on any atom is -0.384 e. The van der Waals surface area contributed by atoms with Crippen LogP contribution in [0.3, 0.4) is 0 Å². The molecule has 2 rings (SSSR count). The lowest BCUT2D eigenvalue weighted by atomic mass is 9.89. The minimum absolute atomic E-state index is 0.371. The van der Waals surface area contributed by atoms with E-state index in [0.717, 1.165) is 24.6 Å². The number of aromatic nitrogens is 2. The van der Waals surface area contributed by atoms with Crippen molar-refractivity contribution in [1.82, 2.24) is 9.78 Å². The smallest absolute Gasteiger partial charge is 0.125 e. The van der Waals surface area contributed by atoms with Gasteiger partial charge in [-0.15, -0.1) is 0 Å². The Bertz CT molecular complexity index is 339. The Hall–Kier alpha value is -0.990. The van der Waals surface area contributed by atoms with Gasteiger partial charge in [0.15, 0.2) is 0 Å². The topological polar surface area (TPSA) is 43.8 Å². The van der Waals surface area contributed by atoms with Crippen LogP contribution in [-0.2, 0) is 12.8 Å². The molecule has 2 N–H and O–H groups in total. The summed E-state index contributed by atoms with van der Waals surface area (Å²) >= 11 is 0. The first kappa shape index (κ1) is 9.56. The summed E-state index contributed by atoms with van der Waals surface area (Å²) in [5.41, 5.74) is 8.62. The van der Waals surface area contributed by atoms with Crippen LogP contribution in [0.1, 0.15) is 44.5 Å². The van der Waals surface area contributed by atoms with Crippen LogP contribution in [0, 0.1) is 5.92 Å². The van der Waals surface area contributed by atoms with Crippen molar-refractivity contribution >= 4 is 5.82 Å². The molecule has 1 aliphatic carbocycles. The fraction of sp³-hybridized carbons (Fsp3) is 0.727. The van der Waals surface area contributed by atoms with Gasteiger partial charge in [-0.1, -0.05) is 6.92 Å². The van der Waals surface area contributed by atoms with E-state index >= 15 is 0 Å². The maximum absolute atomic E-state index is 6.09. The molecule has 14 heavy (non-hydrogen) atoms. The lowest BCUT2D eigenvalue weighted by molar-refractivity contribution is 0.492. The molecule has 3 nitrogen and oxygen atoms in total. The van der Waals surface area contributed by atoms with E-state index in [1.165, 1.54) is 17.7 Å². The number of hydrogen-bond acceptors (Lipinski definition) is 2. The predicted molar refractivity (Wildman–Crippen MR) is 58.2 cm³/mol. The number of aryl methyl sites for hydroxylation is 1. The SMILES string of the molecule is CC1CCc2nn(C(C)C)c(N)c2C1. The zero-order valence-electron chi connectivity index (χ0n) is 9.25. The maximum atomic E-state index is 6.09. The molecular formula is C11H19N3. The number of nitrogens with two attached hydrogens (primary N) is 1. The summed E-state index contributed by atoms with van der Waals surface area (Å²) in [6.45, 7) is 6.53. The Kier molecular flexibility index (Phi) is 2.25. The van der Waals surface area contributed by atoms with Gasteiger partial charge < -0.3 is 5.73 Å². The first-order valence-electron chi connectivity index (χ1n) is 5.45. The molecule has 1 aromatic rings. The van der Waals surface area contributed by atoms with Gasteiger partial charge in [0.25, 0.3) is 0 Å². The molecule has 1 heterocycles. The number of rotatable bonds is 1. The van der Waals surface area contributed by atoms with Gasteiger partial charge in [0.05, 0.1) is 5.69 Å². The number of hydrogen-bond donors (Lipinski definition) is 1. The highest BCUT2D eigenvalue weighted by Gasteiger charge is 2.23.